The molecule has 1 aromatic heterocycles. The summed E-state index contributed by atoms with van der Waals surface area (Å²) < 4.78 is 40.0. The number of amides is 4. The summed E-state index contributed by atoms with van der Waals surface area (Å²) in [5.41, 5.74) is -0.907. The molecule has 7 rings (SSSR count). The van der Waals surface area contributed by atoms with Gasteiger partial charge in [-0.25, -0.2) is 18.2 Å². The maximum absolute atomic E-state index is 14.8. The third-order valence-corrected chi connectivity index (χ3v) is 13.5. The van der Waals surface area contributed by atoms with Crippen LogP contribution in [0.1, 0.15) is 90.0 Å². The van der Waals surface area contributed by atoms with E-state index in [9.17, 15) is 27.6 Å². The number of nitrogens with zero attached hydrogens (tertiary/aromatic N) is 2. The van der Waals surface area contributed by atoms with Crippen molar-refractivity contribution in [3.8, 4) is 5.88 Å². The SMILES string of the molecule is C=C[C@@H]1C[C@]1(NC(=O)[C@@H]1C[C@@H]2CN1C(=O)[C@H](C1CCCCC1)NC(=O)OCC(C)(C)CC/C=C/c1ccc3ccnc(c3c1)O2)C(=O)NS(=O)(=O)C1CC1. The van der Waals surface area contributed by atoms with Gasteiger partial charge < -0.3 is 25.0 Å². The number of carbonyl (C=O) groups is 4. The Morgan fingerprint density at radius 3 is 2.59 bits per heavy atom. The van der Waals surface area contributed by atoms with Gasteiger partial charge in [-0.05, 0) is 79.4 Å². The highest BCUT2D eigenvalue weighted by molar-refractivity contribution is 7.91. The number of nitrogens with one attached hydrogen (secondary N) is 3. The molecule has 3 aliphatic carbocycles. The quantitative estimate of drug-likeness (QED) is 0.337. The molecule has 0 radical (unpaired) electrons. The standard InChI is InChI=1S/C40H51N5O8S/c1-4-28-22-40(28,37(48)44-54(50,51)30-15-16-30)43-34(46)32-21-29-23-45(32)36(47)33(27-11-6-5-7-12-27)42-38(49)52-24-39(2,3)18-9-8-10-25-13-14-26-17-19-41-35(53-29)31(26)20-25/h4,8,10,13-14,17,19-20,27-30,32-33H,1,5-7,9,11-12,15-16,18,21-24H2,2-3H3,(H,42,49)(H,43,46)(H,44,48)/b10-8+/t28-,29-,32+,33+,40-/m1/s1. The van der Waals surface area contributed by atoms with Gasteiger partial charge in [0.15, 0.2) is 0 Å². The summed E-state index contributed by atoms with van der Waals surface area (Å²) in [5, 5.41) is 6.81. The molecule has 1 saturated heterocycles. The van der Waals surface area contributed by atoms with Gasteiger partial charge in [0.05, 0.1) is 18.4 Å². The average molecular weight is 762 g/mol. The highest BCUT2D eigenvalue weighted by Gasteiger charge is 2.62. The van der Waals surface area contributed by atoms with Crippen LogP contribution in [0.4, 0.5) is 4.79 Å². The molecule has 2 aliphatic heterocycles. The van der Waals surface area contributed by atoms with Crippen molar-refractivity contribution in [2.75, 3.05) is 13.2 Å². The Morgan fingerprint density at radius 2 is 1.87 bits per heavy atom. The van der Waals surface area contributed by atoms with Gasteiger partial charge in [-0.3, -0.25) is 19.1 Å². The third-order valence-electron chi connectivity index (χ3n) is 11.7. The lowest BCUT2D eigenvalue weighted by molar-refractivity contribution is -0.142. The van der Waals surface area contributed by atoms with Gasteiger partial charge in [-0.1, -0.05) is 63.5 Å². The first-order valence-corrected chi connectivity index (χ1v) is 20.8. The molecule has 3 heterocycles. The molecule has 0 unspecified atom stereocenters. The number of benzene rings is 1. The molecule has 14 heteroatoms. The number of hydrogen-bond acceptors (Lipinski definition) is 9. The summed E-state index contributed by atoms with van der Waals surface area (Å²) in [5.74, 6) is -2.19. The average Bonchev–Trinajstić information content (AvgIpc) is 4.08. The second-order valence-corrected chi connectivity index (χ2v) is 18.4. The van der Waals surface area contributed by atoms with E-state index in [0.29, 0.717) is 18.7 Å². The van der Waals surface area contributed by atoms with E-state index < -0.39 is 68.7 Å². The van der Waals surface area contributed by atoms with Crippen molar-refractivity contribution in [2.24, 2.45) is 17.3 Å². The fourth-order valence-corrected chi connectivity index (χ4v) is 9.50. The first-order chi connectivity index (χ1) is 25.8. The normalized spacial score (nSPS) is 29.8. The molecule has 4 fully saturated rings. The van der Waals surface area contributed by atoms with Gasteiger partial charge >= 0.3 is 6.09 Å². The summed E-state index contributed by atoms with van der Waals surface area (Å²) in [6.45, 7) is 8.03. The summed E-state index contributed by atoms with van der Waals surface area (Å²) in [4.78, 5) is 62.2. The van der Waals surface area contributed by atoms with Crippen molar-refractivity contribution in [3.63, 3.8) is 0 Å². The molecular weight excluding hydrogens is 711 g/mol. The lowest BCUT2D eigenvalue weighted by Gasteiger charge is -2.35. The molecular formula is C40H51N5O8S. The highest BCUT2D eigenvalue weighted by Crippen LogP contribution is 2.45. The van der Waals surface area contributed by atoms with Crippen LogP contribution in [0.2, 0.25) is 0 Å². The Bertz CT molecular complexity index is 1960. The lowest BCUT2D eigenvalue weighted by atomic mass is 9.83. The van der Waals surface area contributed by atoms with Crippen LogP contribution in [0.5, 0.6) is 5.88 Å². The van der Waals surface area contributed by atoms with E-state index in [4.69, 9.17) is 9.47 Å². The Balaban J connectivity index is 1.22. The minimum atomic E-state index is -3.89. The third kappa shape index (κ3) is 8.13. The Hall–Kier alpha value is -4.46. The van der Waals surface area contributed by atoms with Crippen LogP contribution in [0.25, 0.3) is 16.8 Å². The number of fused-ring (bicyclic) bond motifs is 3. The topological polar surface area (TPSA) is 173 Å². The minimum Gasteiger partial charge on any atom is -0.472 e. The van der Waals surface area contributed by atoms with E-state index in [-0.39, 0.29) is 37.3 Å². The molecule has 4 bridgehead atoms. The second-order valence-electron chi connectivity index (χ2n) is 16.5. The summed E-state index contributed by atoms with van der Waals surface area (Å²) in [6, 6.07) is 5.85. The van der Waals surface area contributed by atoms with Crippen molar-refractivity contribution in [3.05, 3.63) is 54.8 Å². The maximum Gasteiger partial charge on any atom is 0.407 e. The van der Waals surface area contributed by atoms with Gasteiger partial charge in [0, 0.05) is 23.9 Å². The molecule has 4 amide bonds. The van der Waals surface area contributed by atoms with E-state index in [1.165, 1.54) is 11.0 Å². The Labute approximate surface area is 316 Å². The number of carbonyl (C=O) groups excluding carboxylic acids is 4. The van der Waals surface area contributed by atoms with Crippen molar-refractivity contribution in [1.29, 1.82) is 0 Å². The van der Waals surface area contributed by atoms with Gasteiger partial charge in [0.2, 0.25) is 27.7 Å². The molecule has 13 nitrogen and oxygen atoms in total. The van der Waals surface area contributed by atoms with Crippen LogP contribution in [-0.4, -0.2) is 84.2 Å². The fraction of sp³-hybridized carbons (Fsp3) is 0.575. The zero-order valence-electron chi connectivity index (χ0n) is 31.1. The molecule has 5 atom stereocenters. The fourth-order valence-electron chi connectivity index (χ4n) is 8.13. The smallest absolute Gasteiger partial charge is 0.407 e. The number of cyclic esters (lactones) is 1. The van der Waals surface area contributed by atoms with Crippen molar-refractivity contribution >= 4 is 50.7 Å². The van der Waals surface area contributed by atoms with Gasteiger partial charge in [0.25, 0.3) is 5.91 Å². The van der Waals surface area contributed by atoms with Crippen LogP contribution in [0.3, 0.4) is 0 Å². The number of pyridine rings is 1. The monoisotopic (exact) mass is 761 g/mol. The molecule has 2 aromatic rings. The first kappa shape index (κ1) is 37.8. The van der Waals surface area contributed by atoms with Crippen molar-refractivity contribution < 1.29 is 37.1 Å². The summed E-state index contributed by atoms with van der Waals surface area (Å²) in [7, 11) is -3.89. The minimum absolute atomic E-state index is 0.0156. The number of aromatic nitrogens is 1. The number of allylic oxidation sites excluding steroid dienone is 1. The van der Waals surface area contributed by atoms with Crippen molar-refractivity contribution in [2.45, 2.75) is 113 Å². The van der Waals surface area contributed by atoms with Crippen LogP contribution < -0.4 is 20.1 Å². The second kappa shape index (κ2) is 15.0. The number of alkyl carbamates (subject to hydrolysis) is 1. The van der Waals surface area contributed by atoms with E-state index in [1.807, 2.05) is 44.2 Å². The molecule has 1 aromatic carbocycles. The zero-order valence-corrected chi connectivity index (χ0v) is 31.9. The number of sulfonamides is 1. The summed E-state index contributed by atoms with van der Waals surface area (Å²) >= 11 is 0. The Morgan fingerprint density at radius 1 is 1.09 bits per heavy atom. The van der Waals surface area contributed by atoms with Crippen LogP contribution >= 0.6 is 0 Å². The molecule has 3 N–H and O–H groups in total. The predicted octanol–water partition coefficient (Wildman–Crippen LogP) is 4.76. The Kier molecular flexibility index (Phi) is 10.5. The highest BCUT2D eigenvalue weighted by atomic mass is 32.2. The molecule has 54 heavy (non-hydrogen) atoms. The van der Waals surface area contributed by atoms with E-state index in [1.54, 1.807) is 6.20 Å². The van der Waals surface area contributed by atoms with Crippen LogP contribution in [0, 0.1) is 17.3 Å². The lowest BCUT2D eigenvalue weighted by Crippen LogP contribution is -2.59. The predicted molar refractivity (Wildman–Crippen MR) is 202 cm³/mol. The number of rotatable bonds is 7. The largest absolute Gasteiger partial charge is 0.472 e. The maximum atomic E-state index is 14.8. The molecule has 5 aliphatic rings. The van der Waals surface area contributed by atoms with Crippen LogP contribution in [-0.2, 0) is 29.1 Å². The molecule has 3 saturated carbocycles. The van der Waals surface area contributed by atoms with Crippen molar-refractivity contribution in [1.82, 2.24) is 25.2 Å². The number of hydrogen-bond donors (Lipinski definition) is 3. The van der Waals surface area contributed by atoms with Gasteiger partial charge in [0.1, 0.15) is 23.7 Å². The zero-order chi connectivity index (χ0) is 38.3. The first-order valence-electron chi connectivity index (χ1n) is 19.2. The molecule has 290 valence electrons. The molecule has 0 spiro atoms. The number of ether oxygens (including phenoxy) is 2. The van der Waals surface area contributed by atoms with E-state index >= 15 is 0 Å². The van der Waals surface area contributed by atoms with Crippen LogP contribution in [0.15, 0.2) is 49.2 Å². The van der Waals surface area contributed by atoms with Gasteiger partial charge in [-0.15, -0.1) is 6.58 Å². The van der Waals surface area contributed by atoms with Gasteiger partial charge in [-0.2, -0.15) is 0 Å². The summed E-state index contributed by atoms with van der Waals surface area (Å²) in [6.07, 6.45) is 12.9. The van der Waals surface area contributed by atoms with E-state index in [2.05, 4.69) is 33.0 Å². The van der Waals surface area contributed by atoms with E-state index in [0.717, 1.165) is 61.3 Å².